The topological polar surface area (TPSA) is 0 Å². The van der Waals surface area contributed by atoms with Crippen molar-refractivity contribution in [3.05, 3.63) is 23.3 Å². The summed E-state index contributed by atoms with van der Waals surface area (Å²) in [5.41, 5.74) is 3.80. The first-order valence-corrected chi connectivity index (χ1v) is 7.42. The van der Waals surface area contributed by atoms with Gasteiger partial charge >= 0.3 is 0 Å². The lowest BCUT2D eigenvalue weighted by Gasteiger charge is -2.44. The zero-order chi connectivity index (χ0) is 14.1. The molecule has 0 aromatic rings. The van der Waals surface area contributed by atoms with Gasteiger partial charge in [0.05, 0.1) is 0 Å². The van der Waals surface area contributed by atoms with Crippen molar-refractivity contribution >= 4 is 0 Å². The van der Waals surface area contributed by atoms with Gasteiger partial charge in [-0.15, -0.1) is 0 Å². The van der Waals surface area contributed by atoms with Gasteiger partial charge in [-0.2, -0.15) is 0 Å². The molecule has 1 aliphatic carbocycles. The van der Waals surface area contributed by atoms with Gasteiger partial charge in [-0.25, -0.2) is 0 Å². The van der Waals surface area contributed by atoms with E-state index in [1.165, 1.54) is 18.4 Å². The maximum atomic E-state index is 2.49. The highest BCUT2D eigenvalue weighted by atomic mass is 14.4. The molecular weight excluding hydrogens is 216 g/mol. The summed E-state index contributed by atoms with van der Waals surface area (Å²) in [6, 6.07) is 0. The summed E-state index contributed by atoms with van der Waals surface area (Å²) in [5.74, 6) is 1.33. The largest absolute Gasteiger partial charge is 0.0810 e. The molecule has 0 aliphatic heterocycles. The summed E-state index contributed by atoms with van der Waals surface area (Å²) >= 11 is 0. The summed E-state index contributed by atoms with van der Waals surface area (Å²) in [6.45, 7) is 19.0. The first-order chi connectivity index (χ1) is 8.05. The fourth-order valence-electron chi connectivity index (χ4n) is 3.18. The van der Waals surface area contributed by atoms with E-state index in [2.05, 4.69) is 67.5 Å². The summed E-state index contributed by atoms with van der Waals surface area (Å²) in [4.78, 5) is 0. The highest BCUT2D eigenvalue weighted by Crippen LogP contribution is 2.47. The SMILES string of the molecule is CC1=CCCC=C1C(C(C)C(C)(C)C)C(C)(C)C. The predicted octanol–water partition coefficient (Wildman–Crippen LogP) is 6.00. The van der Waals surface area contributed by atoms with E-state index in [9.17, 15) is 0 Å². The highest BCUT2D eigenvalue weighted by molar-refractivity contribution is 5.35. The summed E-state index contributed by atoms with van der Waals surface area (Å²) in [7, 11) is 0. The molecule has 1 aliphatic rings. The molecule has 0 N–H and O–H groups in total. The van der Waals surface area contributed by atoms with Crippen LogP contribution in [0.3, 0.4) is 0 Å². The van der Waals surface area contributed by atoms with Crippen LogP contribution in [0.15, 0.2) is 23.3 Å². The number of hydrogen-bond donors (Lipinski definition) is 0. The quantitative estimate of drug-likeness (QED) is 0.562. The molecule has 104 valence electrons. The van der Waals surface area contributed by atoms with E-state index in [1.807, 2.05) is 0 Å². The Hall–Kier alpha value is -0.520. The van der Waals surface area contributed by atoms with Crippen molar-refractivity contribution in [1.29, 1.82) is 0 Å². The number of rotatable bonds is 2. The van der Waals surface area contributed by atoms with Crippen molar-refractivity contribution in [1.82, 2.24) is 0 Å². The first kappa shape index (κ1) is 15.5. The molecule has 0 spiro atoms. The molecule has 0 saturated carbocycles. The van der Waals surface area contributed by atoms with Gasteiger partial charge in [0.15, 0.2) is 0 Å². The number of allylic oxidation sites excluding steroid dienone is 4. The van der Waals surface area contributed by atoms with E-state index in [4.69, 9.17) is 0 Å². The third kappa shape index (κ3) is 3.49. The third-order valence-corrected chi connectivity index (χ3v) is 4.57. The smallest absolute Gasteiger partial charge is 0.00832 e. The van der Waals surface area contributed by atoms with Gasteiger partial charge in [-0.05, 0) is 48.0 Å². The van der Waals surface area contributed by atoms with Crippen LogP contribution in [0.25, 0.3) is 0 Å². The van der Waals surface area contributed by atoms with E-state index >= 15 is 0 Å². The average Bonchev–Trinajstić information content (AvgIpc) is 2.17. The molecule has 1 rings (SSSR count). The Morgan fingerprint density at radius 2 is 1.39 bits per heavy atom. The van der Waals surface area contributed by atoms with Crippen LogP contribution in [-0.2, 0) is 0 Å². The van der Waals surface area contributed by atoms with Crippen LogP contribution in [0.1, 0.15) is 68.2 Å². The standard InChI is InChI=1S/C18H32/c1-13-11-9-10-12-15(13)16(18(6,7)8)14(2)17(3,4)5/h11-12,14,16H,9-10H2,1-8H3. The van der Waals surface area contributed by atoms with Crippen molar-refractivity contribution in [2.75, 3.05) is 0 Å². The Morgan fingerprint density at radius 3 is 1.78 bits per heavy atom. The molecule has 2 unspecified atom stereocenters. The van der Waals surface area contributed by atoms with Gasteiger partial charge in [-0.3, -0.25) is 0 Å². The van der Waals surface area contributed by atoms with Crippen molar-refractivity contribution in [2.24, 2.45) is 22.7 Å². The molecule has 0 aromatic carbocycles. The van der Waals surface area contributed by atoms with Crippen LogP contribution >= 0.6 is 0 Å². The van der Waals surface area contributed by atoms with Gasteiger partial charge in [0.2, 0.25) is 0 Å². The molecule has 0 nitrogen and oxygen atoms in total. The first-order valence-electron chi connectivity index (χ1n) is 7.42. The van der Waals surface area contributed by atoms with Crippen molar-refractivity contribution in [2.45, 2.75) is 68.2 Å². The van der Waals surface area contributed by atoms with E-state index in [1.54, 1.807) is 5.57 Å². The van der Waals surface area contributed by atoms with Crippen molar-refractivity contribution < 1.29 is 0 Å². The zero-order valence-electron chi connectivity index (χ0n) is 13.7. The second kappa shape index (κ2) is 5.23. The number of hydrogen-bond acceptors (Lipinski definition) is 0. The minimum atomic E-state index is 0.324. The van der Waals surface area contributed by atoms with E-state index in [0.29, 0.717) is 22.7 Å². The van der Waals surface area contributed by atoms with Crippen LogP contribution in [0, 0.1) is 22.7 Å². The average molecular weight is 248 g/mol. The molecule has 18 heavy (non-hydrogen) atoms. The van der Waals surface area contributed by atoms with Gasteiger partial charge in [0.25, 0.3) is 0 Å². The normalized spacial score (nSPS) is 21.1. The molecule has 2 atom stereocenters. The molecule has 0 aromatic heterocycles. The molecule has 0 saturated heterocycles. The van der Waals surface area contributed by atoms with Gasteiger partial charge in [0.1, 0.15) is 0 Å². The lowest BCUT2D eigenvalue weighted by atomic mass is 9.61. The molecule has 0 radical (unpaired) electrons. The third-order valence-electron chi connectivity index (χ3n) is 4.57. The fraction of sp³-hybridized carbons (Fsp3) is 0.778. The molecule has 0 amide bonds. The van der Waals surface area contributed by atoms with Gasteiger partial charge in [0, 0.05) is 0 Å². The van der Waals surface area contributed by atoms with Gasteiger partial charge in [-0.1, -0.05) is 66.2 Å². The molecule has 0 heteroatoms. The highest BCUT2D eigenvalue weighted by Gasteiger charge is 2.38. The zero-order valence-corrected chi connectivity index (χ0v) is 13.7. The maximum absolute atomic E-state index is 2.49. The summed E-state index contributed by atoms with van der Waals surface area (Å²) < 4.78 is 0. The van der Waals surface area contributed by atoms with Gasteiger partial charge < -0.3 is 0 Å². The lowest BCUT2D eigenvalue weighted by Crippen LogP contribution is -2.36. The molecule has 0 bridgehead atoms. The molecule has 0 fully saturated rings. The van der Waals surface area contributed by atoms with Crippen LogP contribution in [-0.4, -0.2) is 0 Å². The van der Waals surface area contributed by atoms with Crippen molar-refractivity contribution in [3.63, 3.8) is 0 Å². The Labute approximate surface area is 115 Å². The summed E-state index contributed by atoms with van der Waals surface area (Å²) in [6.07, 6.45) is 7.35. The Kier molecular flexibility index (Phi) is 4.51. The summed E-state index contributed by atoms with van der Waals surface area (Å²) in [5, 5.41) is 0. The van der Waals surface area contributed by atoms with E-state index < -0.39 is 0 Å². The van der Waals surface area contributed by atoms with Crippen molar-refractivity contribution in [3.8, 4) is 0 Å². The Morgan fingerprint density at radius 1 is 0.889 bits per heavy atom. The van der Waals surface area contributed by atoms with E-state index in [0.717, 1.165) is 0 Å². The predicted molar refractivity (Wildman–Crippen MR) is 82.6 cm³/mol. The molecular formula is C18H32. The second-order valence-electron chi connectivity index (χ2n) is 8.12. The van der Waals surface area contributed by atoms with Crippen LogP contribution in [0.4, 0.5) is 0 Å². The minimum absolute atomic E-state index is 0.324. The molecule has 0 heterocycles. The maximum Gasteiger partial charge on any atom is -0.00832 e. The van der Waals surface area contributed by atoms with Crippen LogP contribution in [0.2, 0.25) is 0 Å². The van der Waals surface area contributed by atoms with Crippen LogP contribution < -0.4 is 0 Å². The van der Waals surface area contributed by atoms with Crippen LogP contribution in [0.5, 0.6) is 0 Å². The lowest BCUT2D eigenvalue weighted by molar-refractivity contribution is 0.113. The minimum Gasteiger partial charge on any atom is -0.0810 e. The Balaban J connectivity index is 3.16. The van der Waals surface area contributed by atoms with E-state index in [-0.39, 0.29) is 0 Å². The monoisotopic (exact) mass is 248 g/mol. The second-order valence-corrected chi connectivity index (χ2v) is 8.12. The Bertz CT molecular complexity index is 341. The fourth-order valence-corrected chi connectivity index (χ4v) is 3.18.